The third-order valence-corrected chi connectivity index (χ3v) is 13.3. The molecule has 266 valence electrons. The molecule has 12 rings (SSSR count). The fourth-order valence-corrected chi connectivity index (χ4v) is 10.7. The molecule has 0 aliphatic heterocycles. The SMILES string of the molecule is c1ccc(-c2nc(-c3ccccc3)nc(-c3ccc4c(c3)sc3c(-c5cc(-c6ccc7c(c6)oc6ccccc67)c6c(c5)sc5ccccc56)cccc34)n2)cc1. The molecule has 8 aromatic carbocycles. The van der Waals surface area contributed by atoms with Gasteiger partial charge in [0.25, 0.3) is 0 Å². The molecule has 4 nitrogen and oxygen atoms in total. The van der Waals surface area contributed by atoms with Crippen LogP contribution in [-0.2, 0) is 0 Å². The summed E-state index contributed by atoms with van der Waals surface area (Å²) in [6.07, 6.45) is 0. The van der Waals surface area contributed by atoms with Gasteiger partial charge in [-0.2, -0.15) is 0 Å². The number of fused-ring (bicyclic) bond motifs is 9. The van der Waals surface area contributed by atoms with Crippen LogP contribution in [-0.4, -0.2) is 15.0 Å². The molecule has 6 heteroatoms. The van der Waals surface area contributed by atoms with Crippen LogP contribution in [0, 0.1) is 0 Å². The number of rotatable bonds is 5. The number of para-hydroxylation sites is 1. The lowest BCUT2D eigenvalue weighted by atomic mass is 9.93. The van der Waals surface area contributed by atoms with E-state index in [4.69, 9.17) is 19.4 Å². The first-order chi connectivity index (χ1) is 28.2. The quantitative estimate of drug-likeness (QED) is 0.175. The molecule has 0 amide bonds. The molecule has 0 radical (unpaired) electrons. The zero-order valence-corrected chi connectivity index (χ0v) is 31.9. The molecule has 0 atom stereocenters. The highest BCUT2D eigenvalue weighted by molar-refractivity contribution is 7.26. The fourth-order valence-electron chi connectivity index (χ4n) is 8.23. The van der Waals surface area contributed by atoms with Gasteiger partial charge in [-0.05, 0) is 64.7 Å². The third kappa shape index (κ3) is 5.30. The molecule has 4 aromatic heterocycles. The zero-order valence-electron chi connectivity index (χ0n) is 30.3. The number of hydrogen-bond acceptors (Lipinski definition) is 6. The molecular weight excluding hydrogens is 735 g/mol. The first-order valence-electron chi connectivity index (χ1n) is 18.9. The largest absolute Gasteiger partial charge is 0.456 e. The summed E-state index contributed by atoms with van der Waals surface area (Å²) in [5.41, 5.74) is 9.46. The van der Waals surface area contributed by atoms with E-state index in [-0.39, 0.29) is 0 Å². The molecule has 0 unspecified atom stereocenters. The van der Waals surface area contributed by atoms with E-state index in [1.807, 2.05) is 95.5 Å². The van der Waals surface area contributed by atoms with Gasteiger partial charge in [0.2, 0.25) is 0 Å². The maximum absolute atomic E-state index is 6.39. The summed E-state index contributed by atoms with van der Waals surface area (Å²) in [6.45, 7) is 0. The first-order valence-corrected chi connectivity index (χ1v) is 20.6. The molecule has 0 N–H and O–H groups in total. The summed E-state index contributed by atoms with van der Waals surface area (Å²) < 4.78 is 11.4. The summed E-state index contributed by atoms with van der Waals surface area (Å²) >= 11 is 3.68. The minimum absolute atomic E-state index is 0.656. The highest BCUT2D eigenvalue weighted by Crippen LogP contribution is 2.47. The normalized spacial score (nSPS) is 11.9. The van der Waals surface area contributed by atoms with Crippen molar-refractivity contribution in [2.75, 3.05) is 0 Å². The van der Waals surface area contributed by atoms with Crippen LogP contribution in [0.2, 0.25) is 0 Å². The van der Waals surface area contributed by atoms with Crippen molar-refractivity contribution in [3.63, 3.8) is 0 Å². The van der Waals surface area contributed by atoms with Crippen LogP contribution < -0.4 is 0 Å². The zero-order chi connectivity index (χ0) is 37.5. The Hall–Kier alpha value is -6.99. The molecule has 12 aromatic rings. The maximum Gasteiger partial charge on any atom is 0.164 e. The molecule has 0 aliphatic rings. The van der Waals surface area contributed by atoms with Crippen LogP contribution >= 0.6 is 22.7 Å². The maximum atomic E-state index is 6.39. The number of thiophene rings is 2. The van der Waals surface area contributed by atoms with Gasteiger partial charge >= 0.3 is 0 Å². The van der Waals surface area contributed by atoms with Crippen molar-refractivity contribution >= 4 is 85.0 Å². The van der Waals surface area contributed by atoms with E-state index < -0.39 is 0 Å². The van der Waals surface area contributed by atoms with Gasteiger partial charge in [-0.3, -0.25) is 0 Å². The van der Waals surface area contributed by atoms with Crippen LogP contribution in [0.25, 0.3) is 119 Å². The van der Waals surface area contributed by atoms with Gasteiger partial charge in [0.15, 0.2) is 17.5 Å². The molecule has 0 saturated carbocycles. The van der Waals surface area contributed by atoms with Crippen LogP contribution in [0.15, 0.2) is 180 Å². The summed E-state index contributed by atoms with van der Waals surface area (Å²) in [5.74, 6) is 1.97. The molecule has 0 aliphatic carbocycles. The number of hydrogen-bond donors (Lipinski definition) is 0. The lowest BCUT2D eigenvalue weighted by molar-refractivity contribution is 0.669. The van der Waals surface area contributed by atoms with E-state index in [2.05, 4.69) is 103 Å². The van der Waals surface area contributed by atoms with Gasteiger partial charge < -0.3 is 4.42 Å². The Bertz CT molecular complexity index is 3470. The van der Waals surface area contributed by atoms with E-state index in [0.29, 0.717) is 17.5 Å². The summed E-state index contributed by atoms with van der Waals surface area (Å²) in [7, 11) is 0. The molecule has 0 fully saturated rings. The van der Waals surface area contributed by atoms with Gasteiger partial charge in [0, 0.05) is 67.8 Å². The van der Waals surface area contributed by atoms with Crippen molar-refractivity contribution in [1.82, 2.24) is 15.0 Å². The highest BCUT2D eigenvalue weighted by Gasteiger charge is 2.19. The van der Waals surface area contributed by atoms with E-state index >= 15 is 0 Å². The number of aromatic nitrogens is 3. The summed E-state index contributed by atoms with van der Waals surface area (Å²) in [6, 6.07) is 62.1. The van der Waals surface area contributed by atoms with Crippen LogP contribution in [0.1, 0.15) is 0 Å². The Kier molecular flexibility index (Phi) is 7.24. The van der Waals surface area contributed by atoms with E-state index in [1.54, 1.807) is 0 Å². The van der Waals surface area contributed by atoms with Crippen molar-refractivity contribution in [3.8, 4) is 56.4 Å². The Morgan fingerprint density at radius 1 is 0.333 bits per heavy atom. The Morgan fingerprint density at radius 2 is 0.947 bits per heavy atom. The van der Waals surface area contributed by atoms with Gasteiger partial charge in [0.05, 0.1) is 0 Å². The summed E-state index contributed by atoms with van der Waals surface area (Å²) in [4.78, 5) is 14.9. The van der Waals surface area contributed by atoms with Gasteiger partial charge in [0.1, 0.15) is 11.2 Å². The predicted octanol–water partition coefficient (Wildman–Crippen LogP) is 14.8. The summed E-state index contributed by atoms with van der Waals surface area (Å²) in [5, 5.41) is 7.30. The third-order valence-electron chi connectivity index (χ3n) is 10.9. The predicted molar refractivity (Wildman–Crippen MR) is 240 cm³/mol. The Morgan fingerprint density at radius 3 is 1.74 bits per heavy atom. The first kappa shape index (κ1) is 32.3. The lowest BCUT2D eigenvalue weighted by Crippen LogP contribution is -1.99. The minimum Gasteiger partial charge on any atom is -0.456 e. The minimum atomic E-state index is 0.656. The second kappa shape index (κ2) is 12.8. The van der Waals surface area contributed by atoms with Crippen molar-refractivity contribution in [2.24, 2.45) is 0 Å². The van der Waals surface area contributed by atoms with E-state index in [1.165, 1.54) is 57.0 Å². The average molecular weight is 764 g/mol. The van der Waals surface area contributed by atoms with Gasteiger partial charge in [-0.1, -0.05) is 133 Å². The average Bonchev–Trinajstić information content (AvgIpc) is 3.97. The van der Waals surface area contributed by atoms with Crippen LogP contribution in [0.5, 0.6) is 0 Å². The Balaban J connectivity index is 1.03. The van der Waals surface area contributed by atoms with Gasteiger partial charge in [-0.25, -0.2) is 15.0 Å². The van der Waals surface area contributed by atoms with Crippen molar-refractivity contribution in [1.29, 1.82) is 0 Å². The van der Waals surface area contributed by atoms with E-state index in [0.717, 1.165) is 44.2 Å². The molecule has 0 bridgehead atoms. The molecule has 0 saturated heterocycles. The topological polar surface area (TPSA) is 51.8 Å². The Labute approximate surface area is 335 Å². The van der Waals surface area contributed by atoms with Gasteiger partial charge in [-0.15, -0.1) is 22.7 Å². The molecular formula is C51H29N3OS2. The van der Waals surface area contributed by atoms with Crippen molar-refractivity contribution < 1.29 is 4.42 Å². The monoisotopic (exact) mass is 763 g/mol. The molecule has 4 heterocycles. The van der Waals surface area contributed by atoms with Crippen molar-refractivity contribution in [3.05, 3.63) is 176 Å². The second-order valence-corrected chi connectivity index (χ2v) is 16.5. The lowest BCUT2D eigenvalue weighted by Gasteiger charge is -2.10. The second-order valence-electron chi connectivity index (χ2n) is 14.3. The fraction of sp³-hybridized carbons (Fsp3) is 0. The molecule has 57 heavy (non-hydrogen) atoms. The smallest absolute Gasteiger partial charge is 0.164 e. The van der Waals surface area contributed by atoms with Crippen LogP contribution in [0.4, 0.5) is 0 Å². The standard InChI is InChI=1S/C51H29N3OS2/c1-3-12-30(13-4-1)49-52-50(31-14-5-2-6-15-31)54-51(53-49)33-23-25-38-39-19-11-18-35(48(39)57-45(38)28-33)34-26-41(47-40-17-8-10-21-44(40)56-46(47)29-34)32-22-24-37-36-16-7-9-20-42(36)55-43(37)27-32/h1-29H. The number of benzene rings is 8. The number of furan rings is 1. The number of nitrogens with zero attached hydrogens (tertiary/aromatic N) is 3. The van der Waals surface area contributed by atoms with Crippen LogP contribution in [0.3, 0.4) is 0 Å². The molecule has 0 spiro atoms. The van der Waals surface area contributed by atoms with E-state index in [9.17, 15) is 0 Å². The van der Waals surface area contributed by atoms with Crippen molar-refractivity contribution in [2.45, 2.75) is 0 Å². The highest BCUT2D eigenvalue weighted by atomic mass is 32.1.